The van der Waals surface area contributed by atoms with Gasteiger partial charge in [-0.25, -0.2) is 4.79 Å². The van der Waals surface area contributed by atoms with Crippen molar-refractivity contribution in [2.75, 3.05) is 7.11 Å². The van der Waals surface area contributed by atoms with Crippen LogP contribution in [-0.2, 0) is 9.53 Å². The molecule has 0 spiro atoms. The standard InChI is InChI=1S/C18H24O6/c1-11(2)17(21)16-13(19)10-14(24-18(16)22)12(3)8-6-5-7-9-15(20)23-4/h5,7,10-12,19H,6,8-9H2,1-4H3/b7-5+. The summed E-state index contributed by atoms with van der Waals surface area (Å²) in [5.41, 5.74) is -1.10. The van der Waals surface area contributed by atoms with Crippen LogP contribution < -0.4 is 5.63 Å². The monoisotopic (exact) mass is 336 g/mol. The second-order valence-electron chi connectivity index (χ2n) is 5.95. The van der Waals surface area contributed by atoms with Gasteiger partial charge in [-0.05, 0) is 12.8 Å². The van der Waals surface area contributed by atoms with Gasteiger partial charge in [0, 0.05) is 17.9 Å². The van der Waals surface area contributed by atoms with E-state index in [-0.39, 0.29) is 29.6 Å². The van der Waals surface area contributed by atoms with E-state index in [1.165, 1.54) is 13.2 Å². The van der Waals surface area contributed by atoms with Crippen molar-refractivity contribution in [3.63, 3.8) is 0 Å². The number of methoxy groups -OCH3 is 1. The van der Waals surface area contributed by atoms with Gasteiger partial charge in [0.05, 0.1) is 13.5 Å². The topological polar surface area (TPSA) is 93.8 Å². The van der Waals surface area contributed by atoms with Crippen molar-refractivity contribution in [2.24, 2.45) is 5.92 Å². The van der Waals surface area contributed by atoms with Gasteiger partial charge < -0.3 is 14.3 Å². The highest BCUT2D eigenvalue weighted by Gasteiger charge is 2.22. The highest BCUT2D eigenvalue weighted by molar-refractivity contribution is 5.99. The third-order valence-electron chi connectivity index (χ3n) is 3.65. The summed E-state index contributed by atoms with van der Waals surface area (Å²) in [5.74, 6) is -1.27. The molecule has 24 heavy (non-hydrogen) atoms. The molecule has 132 valence electrons. The van der Waals surface area contributed by atoms with Crippen LogP contribution in [0.25, 0.3) is 0 Å². The molecule has 0 aliphatic rings. The number of hydrogen-bond donors (Lipinski definition) is 1. The van der Waals surface area contributed by atoms with Gasteiger partial charge in [0.15, 0.2) is 5.78 Å². The Kier molecular flexibility index (Phi) is 7.42. The van der Waals surface area contributed by atoms with E-state index in [1.807, 2.05) is 13.0 Å². The molecule has 1 heterocycles. The number of aromatic hydroxyl groups is 1. The minimum atomic E-state index is -0.809. The van der Waals surface area contributed by atoms with Crippen LogP contribution in [0.2, 0.25) is 0 Å². The highest BCUT2D eigenvalue weighted by atomic mass is 16.5. The fourth-order valence-corrected chi connectivity index (χ4v) is 2.13. The predicted molar refractivity (Wildman–Crippen MR) is 89.2 cm³/mol. The minimum absolute atomic E-state index is 0.116. The molecule has 1 rings (SSSR count). The maximum Gasteiger partial charge on any atom is 0.350 e. The maximum atomic E-state index is 12.0. The van der Waals surface area contributed by atoms with Crippen LogP contribution in [0.1, 0.15) is 62.1 Å². The molecule has 0 amide bonds. The van der Waals surface area contributed by atoms with E-state index in [1.54, 1.807) is 19.9 Å². The lowest BCUT2D eigenvalue weighted by atomic mass is 9.98. The number of allylic oxidation sites excluding steroid dienone is 1. The zero-order chi connectivity index (χ0) is 18.3. The van der Waals surface area contributed by atoms with Gasteiger partial charge >= 0.3 is 11.6 Å². The Hall–Kier alpha value is -2.37. The van der Waals surface area contributed by atoms with Gasteiger partial charge in [-0.2, -0.15) is 0 Å². The van der Waals surface area contributed by atoms with E-state index in [0.29, 0.717) is 18.6 Å². The van der Waals surface area contributed by atoms with Crippen LogP contribution >= 0.6 is 0 Å². The molecular weight excluding hydrogens is 312 g/mol. The van der Waals surface area contributed by atoms with Crippen LogP contribution in [0.15, 0.2) is 27.4 Å². The van der Waals surface area contributed by atoms with Gasteiger partial charge in [-0.3, -0.25) is 9.59 Å². The minimum Gasteiger partial charge on any atom is -0.507 e. The number of carbonyl (C=O) groups is 2. The molecule has 1 aromatic heterocycles. The summed E-state index contributed by atoms with van der Waals surface area (Å²) in [6.07, 6.45) is 5.12. The first-order chi connectivity index (χ1) is 11.3. The molecule has 0 saturated heterocycles. The predicted octanol–water partition coefficient (Wildman–Crippen LogP) is 3.19. The molecule has 0 aliphatic heterocycles. The second-order valence-corrected chi connectivity index (χ2v) is 5.95. The SMILES string of the molecule is COC(=O)C/C=C/CCC(C)c1cc(O)c(C(=O)C(C)C)c(=O)o1. The third kappa shape index (κ3) is 5.37. The first-order valence-electron chi connectivity index (χ1n) is 7.90. The van der Waals surface area contributed by atoms with Crippen molar-refractivity contribution < 1.29 is 23.8 Å². The number of esters is 1. The molecule has 1 unspecified atom stereocenters. The number of Topliss-reactive ketones (excluding diaryl/α,β-unsaturated/α-hetero) is 1. The molecule has 6 nitrogen and oxygen atoms in total. The number of rotatable bonds is 8. The van der Waals surface area contributed by atoms with Gasteiger partial charge in [-0.1, -0.05) is 32.9 Å². The second kappa shape index (κ2) is 9.05. The molecule has 0 bridgehead atoms. The first kappa shape index (κ1) is 19.7. The number of ether oxygens (including phenoxy) is 1. The zero-order valence-corrected chi connectivity index (χ0v) is 14.5. The van der Waals surface area contributed by atoms with Gasteiger partial charge in [0.1, 0.15) is 17.1 Å². The van der Waals surface area contributed by atoms with Crippen molar-refractivity contribution in [1.29, 1.82) is 0 Å². The van der Waals surface area contributed by atoms with Crippen LogP contribution in [0, 0.1) is 5.92 Å². The lowest BCUT2D eigenvalue weighted by molar-refractivity contribution is -0.139. The molecule has 1 N–H and O–H groups in total. The Bertz CT molecular complexity index is 669. The summed E-state index contributed by atoms with van der Waals surface area (Å²) >= 11 is 0. The van der Waals surface area contributed by atoms with E-state index in [2.05, 4.69) is 4.74 Å². The van der Waals surface area contributed by atoms with Gasteiger partial charge in [0.2, 0.25) is 0 Å². The summed E-state index contributed by atoms with van der Waals surface area (Å²) < 4.78 is 9.73. The largest absolute Gasteiger partial charge is 0.507 e. The normalized spacial score (nSPS) is 12.5. The lowest BCUT2D eigenvalue weighted by Crippen LogP contribution is -2.19. The van der Waals surface area contributed by atoms with E-state index in [4.69, 9.17) is 4.42 Å². The number of carbonyl (C=O) groups excluding carboxylic acids is 2. The fourth-order valence-electron chi connectivity index (χ4n) is 2.13. The summed E-state index contributed by atoms with van der Waals surface area (Å²) in [5, 5.41) is 9.99. The van der Waals surface area contributed by atoms with E-state index >= 15 is 0 Å². The van der Waals surface area contributed by atoms with E-state index < -0.39 is 17.3 Å². The molecular formula is C18H24O6. The van der Waals surface area contributed by atoms with Crippen LogP contribution in [0.4, 0.5) is 0 Å². The lowest BCUT2D eigenvalue weighted by Gasteiger charge is -2.11. The summed E-state index contributed by atoms with van der Waals surface area (Å²) in [7, 11) is 1.33. The maximum absolute atomic E-state index is 12.0. The van der Waals surface area contributed by atoms with Crippen LogP contribution in [0.5, 0.6) is 5.75 Å². The Morgan fingerprint density at radius 3 is 2.50 bits per heavy atom. The van der Waals surface area contributed by atoms with Crippen molar-refractivity contribution >= 4 is 11.8 Å². The average molecular weight is 336 g/mol. The molecule has 1 atom stereocenters. The molecule has 0 saturated carbocycles. The average Bonchev–Trinajstić information content (AvgIpc) is 2.52. The Morgan fingerprint density at radius 1 is 1.29 bits per heavy atom. The molecule has 0 aromatic carbocycles. The van der Waals surface area contributed by atoms with Gasteiger partial charge in [0.25, 0.3) is 0 Å². The molecule has 1 aromatic rings. The number of hydrogen-bond acceptors (Lipinski definition) is 6. The Labute approximate surface area is 141 Å². The van der Waals surface area contributed by atoms with E-state index in [9.17, 15) is 19.5 Å². The van der Waals surface area contributed by atoms with E-state index in [0.717, 1.165) is 0 Å². The molecule has 6 heteroatoms. The fraction of sp³-hybridized carbons (Fsp3) is 0.500. The molecule has 0 fully saturated rings. The summed E-state index contributed by atoms with van der Waals surface area (Å²) in [4.78, 5) is 34.9. The summed E-state index contributed by atoms with van der Waals surface area (Å²) in [6, 6.07) is 1.33. The quantitative estimate of drug-likeness (QED) is 0.445. The Morgan fingerprint density at radius 2 is 1.96 bits per heavy atom. The van der Waals surface area contributed by atoms with Crippen LogP contribution in [0.3, 0.4) is 0 Å². The van der Waals surface area contributed by atoms with Gasteiger partial charge in [-0.15, -0.1) is 0 Å². The zero-order valence-electron chi connectivity index (χ0n) is 14.5. The third-order valence-corrected chi connectivity index (χ3v) is 3.65. The van der Waals surface area contributed by atoms with Crippen molar-refractivity contribution in [1.82, 2.24) is 0 Å². The first-order valence-corrected chi connectivity index (χ1v) is 7.90. The Balaban J connectivity index is 2.76. The highest BCUT2D eigenvalue weighted by Crippen LogP contribution is 2.25. The van der Waals surface area contributed by atoms with Crippen molar-refractivity contribution in [2.45, 2.75) is 46.0 Å². The molecule has 0 aliphatic carbocycles. The van der Waals surface area contributed by atoms with Crippen LogP contribution in [-0.4, -0.2) is 24.0 Å². The van der Waals surface area contributed by atoms with Crippen molar-refractivity contribution in [3.8, 4) is 5.75 Å². The molecule has 0 radical (unpaired) electrons. The van der Waals surface area contributed by atoms with Crippen molar-refractivity contribution in [3.05, 3.63) is 40.0 Å². The smallest absolute Gasteiger partial charge is 0.350 e. The summed E-state index contributed by atoms with van der Waals surface area (Å²) in [6.45, 7) is 5.16. The number of ketones is 1.